The van der Waals surface area contributed by atoms with Crippen LogP contribution in [-0.4, -0.2) is 73.8 Å². The average molecular weight is 544 g/mol. The molecule has 0 unspecified atom stereocenters. The first-order chi connectivity index (χ1) is 18.1. The number of hydrogen-bond acceptors (Lipinski definition) is 10. The Morgan fingerprint density at radius 2 is 1.49 bits per heavy atom. The van der Waals surface area contributed by atoms with Crippen LogP contribution in [0.4, 0.5) is 17.8 Å². The van der Waals surface area contributed by atoms with Gasteiger partial charge < -0.3 is 24.0 Å². The molecule has 12 heteroatoms. The van der Waals surface area contributed by atoms with Crippen LogP contribution in [-0.2, 0) is 16.1 Å². The number of ether oxygens (including phenoxy) is 3. The summed E-state index contributed by atoms with van der Waals surface area (Å²) in [5.41, 5.74) is 4.71. The van der Waals surface area contributed by atoms with E-state index >= 15 is 0 Å². The van der Waals surface area contributed by atoms with Crippen molar-refractivity contribution in [3.05, 3.63) is 63.6 Å². The maximum atomic E-state index is 6.22. The molecule has 2 aliphatic rings. The predicted octanol–water partition coefficient (Wildman–Crippen LogP) is 3.88. The van der Waals surface area contributed by atoms with Gasteiger partial charge in [0, 0.05) is 41.8 Å². The fraction of sp³-hybridized carbons (Fsp3) is 0.360. The van der Waals surface area contributed by atoms with Gasteiger partial charge in [-0.15, -0.1) is 0 Å². The largest absolute Gasteiger partial charge is 0.489 e. The van der Waals surface area contributed by atoms with Crippen molar-refractivity contribution in [3.8, 4) is 5.75 Å². The summed E-state index contributed by atoms with van der Waals surface area (Å²) in [6, 6.07) is 12.9. The van der Waals surface area contributed by atoms with Crippen LogP contribution in [0.1, 0.15) is 11.1 Å². The van der Waals surface area contributed by atoms with E-state index in [1.54, 1.807) is 18.3 Å². The Morgan fingerprint density at radius 1 is 0.865 bits per heavy atom. The molecule has 0 saturated carbocycles. The summed E-state index contributed by atoms with van der Waals surface area (Å²) in [4.78, 5) is 18.1. The number of halogens is 2. The Bertz CT molecular complexity index is 1180. The second kappa shape index (κ2) is 12.4. The van der Waals surface area contributed by atoms with Gasteiger partial charge in [0.1, 0.15) is 12.4 Å². The lowest BCUT2D eigenvalue weighted by Crippen LogP contribution is -2.40. The zero-order chi connectivity index (χ0) is 25.5. The Labute approximate surface area is 225 Å². The van der Waals surface area contributed by atoms with Gasteiger partial charge in [-0.1, -0.05) is 29.3 Å². The number of nitrogens with zero attached hydrogens (tertiary/aromatic N) is 6. The number of rotatable bonds is 8. The number of aromatic nitrogens is 3. The van der Waals surface area contributed by atoms with Crippen LogP contribution in [0.2, 0.25) is 10.0 Å². The van der Waals surface area contributed by atoms with Gasteiger partial charge >= 0.3 is 0 Å². The summed E-state index contributed by atoms with van der Waals surface area (Å²) in [5, 5.41) is 5.52. The molecule has 1 aromatic heterocycles. The maximum Gasteiger partial charge on any atom is 0.250 e. The highest BCUT2D eigenvalue weighted by Crippen LogP contribution is 2.23. The molecule has 2 aromatic carbocycles. The van der Waals surface area contributed by atoms with Gasteiger partial charge in [-0.3, -0.25) is 0 Å². The van der Waals surface area contributed by atoms with E-state index in [-0.39, 0.29) is 0 Å². The number of morpholine rings is 2. The van der Waals surface area contributed by atoms with Crippen LogP contribution in [0.5, 0.6) is 5.75 Å². The first kappa shape index (κ1) is 25.5. The predicted molar refractivity (Wildman–Crippen MR) is 144 cm³/mol. The van der Waals surface area contributed by atoms with Crippen molar-refractivity contribution in [1.29, 1.82) is 0 Å². The molecule has 1 N–H and O–H groups in total. The molecule has 2 saturated heterocycles. The molecule has 5 rings (SSSR count). The third-order valence-corrected chi connectivity index (χ3v) is 6.45. The fourth-order valence-corrected chi connectivity index (χ4v) is 4.29. The molecule has 37 heavy (non-hydrogen) atoms. The van der Waals surface area contributed by atoms with Crippen molar-refractivity contribution in [2.75, 3.05) is 67.8 Å². The summed E-state index contributed by atoms with van der Waals surface area (Å²) in [6.07, 6.45) is 1.70. The van der Waals surface area contributed by atoms with Crippen molar-refractivity contribution in [2.24, 2.45) is 5.10 Å². The van der Waals surface area contributed by atoms with Gasteiger partial charge in [0.25, 0.3) is 0 Å². The van der Waals surface area contributed by atoms with E-state index in [9.17, 15) is 0 Å². The summed E-state index contributed by atoms with van der Waals surface area (Å²) in [7, 11) is 0. The second-order valence-corrected chi connectivity index (χ2v) is 9.26. The summed E-state index contributed by atoms with van der Waals surface area (Å²) in [6.45, 7) is 5.85. The van der Waals surface area contributed by atoms with Crippen LogP contribution in [0.25, 0.3) is 0 Å². The molecule has 0 atom stereocenters. The van der Waals surface area contributed by atoms with Crippen LogP contribution in [0.15, 0.2) is 47.6 Å². The molecule has 0 spiro atoms. The normalized spacial score (nSPS) is 16.3. The van der Waals surface area contributed by atoms with Crippen LogP contribution >= 0.6 is 23.2 Å². The monoisotopic (exact) mass is 543 g/mol. The molecule has 0 aliphatic carbocycles. The number of nitrogens with one attached hydrogen (secondary N) is 1. The molecule has 3 heterocycles. The Kier molecular flexibility index (Phi) is 8.52. The first-order valence-corrected chi connectivity index (χ1v) is 12.8. The third-order valence-electron chi connectivity index (χ3n) is 5.87. The van der Waals surface area contributed by atoms with Crippen LogP contribution in [0.3, 0.4) is 0 Å². The highest BCUT2D eigenvalue weighted by molar-refractivity contribution is 6.35. The molecule has 0 radical (unpaired) electrons. The minimum absolute atomic E-state index is 0.349. The highest BCUT2D eigenvalue weighted by atomic mass is 35.5. The highest BCUT2D eigenvalue weighted by Gasteiger charge is 2.20. The smallest absolute Gasteiger partial charge is 0.250 e. The maximum absolute atomic E-state index is 6.22. The van der Waals surface area contributed by atoms with Gasteiger partial charge in [0.15, 0.2) is 0 Å². The molecule has 0 amide bonds. The number of benzene rings is 2. The number of hydrogen-bond donors (Lipinski definition) is 1. The van der Waals surface area contributed by atoms with E-state index in [1.807, 2.05) is 30.3 Å². The van der Waals surface area contributed by atoms with Gasteiger partial charge in [0.05, 0.1) is 32.6 Å². The molecule has 10 nitrogen and oxygen atoms in total. The summed E-state index contributed by atoms with van der Waals surface area (Å²) < 4.78 is 16.8. The fourth-order valence-electron chi connectivity index (χ4n) is 3.83. The average Bonchev–Trinajstić information content (AvgIpc) is 2.94. The molecular formula is C25H27Cl2N7O3. The lowest BCUT2D eigenvalue weighted by molar-refractivity contribution is 0.121. The zero-order valence-electron chi connectivity index (χ0n) is 20.1. The first-order valence-electron chi connectivity index (χ1n) is 12.0. The topological polar surface area (TPSA) is 97.2 Å². The molecule has 194 valence electrons. The molecule has 0 bridgehead atoms. The van der Waals surface area contributed by atoms with Crippen LogP contribution < -0.4 is 20.0 Å². The number of anilines is 3. The summed E-state index contributed by atoms with van der Waals surface area (Å²) in [5.74, 6) is 2.33. The molecular weight excluding hydrogens is 517 g/mol. The van der Waals surface area contributed by atoms with Crippen molar-refractivity contribution < 1.29 is 14.2 Å². The van der Waals surface area contributed by atoms with Gasteiger partial charge in [-0.25, -0.2) is 5.43 Å². The van der Waals surface area contributed by atoms with E-state index in [4.69, 9.17) is 42.4 Å². The molecule has 2 fully saturated rings. The SMILES string of the molecule is Clc1ccc(COc2ccc(/C=N\Nc3nc(N4CCOCC4)nc(N4CCOCC4)n3)cc2)c(Cl)c1. The van der Waals surface area contributed by atoms with Crippen molar-refractivity contribution in [1.82, 2.24) is 15.0 Å². The Balaban J connectivity index is 1.23. The Morgan fingerprint density at radius 3 is 2.08 bits per heavy atom. The van der Waals surface area contributed by atoms with E-state index in [1.165, 1.54) is 0 Å². The number of hydrazone groups is 1. The van der Waals surface area contributed by atoms with E-state index in [0.717, 1.165) is 43.1 Å². The quantitative estimate of drug-likeness (QED) is 0.335. The van der Waals surface area contributed by atoms with Gasteiger partial charge in [-0.2, -0.15) is 20.1 Å². The minimum atomic E-state index is 0.349. The zero-order valence-corrected chi connectivity index (χ0v) is 21.7. The van der Waals surface area contributed by atoms with Crippen LogP contribution in [0, 0.1) is 0 Å². The van der Waals surface area contributed by atoms with Crippen molar-refractivity contribution in [2.45, 2.75) is 6.61 Å². The van der Waals surface area contributed by atoms with Gasteiger partial charge in [0.2, 0.25) is 17.8 Å². The van der Waals surface area contributed by atoms with E-state index in [2.05, 4.69) is 30.3 Å². The minimum Gasteiger partial charge on any atom is -0.489 e. The lowest BCUT2D eigenvalue weighted by Gasteiger charge is -2.30. The van der Waals surface area contributed by atoms with Crippen molar-refractivity contribution >= 4 is 47.3 Å². The van der Waals surface area contributed by atoms with Crippen molar-refractivity contribution in [3.63, 3.8) is 0 Å². The van der Waals surface area contributed by atoms with E-state index in [0.29, 0.717) is 60.9 Å². The second-order valence-electron chi connectivity index (χ2n) is 8.42. The third kappa shape index (κ3) is 6.98. The van der Waals surface area contributed by atoms with Gasteiger partial charge in [-0.05, 0) is 42.0 Å². The summed E-state index contributed by atoms with van der Waals surface area (Å²) >= 11 is 12.2. The van der Waals surface area contributed by atoms with E-state index < -0.39 is 0 Å². The Hall–Kier alpha value is -3.18. The lowest BCUT2D eigenvalue weighted by atomic mass is 10.2. The standard InChI is InChI=1S/C25H27Cl2N7O3/c26-20-4-3-19(22(27)15-20)17-37-21-5-1-18(2-6-21)16-28-32-23-29-24(33-7-11-35-12-8-33)31-25(30-23)34-9-13-36-14-10-34/h1-6,15-16H,7-14,17H2,(H,29,30,31,32)/b28-16-. The molecule has 2 aliphatic heterocycles. The molecule has 3 aromatic rings.